The Morgan fingerprint density at radius 1 is 0.382 bits per heavy atom. The third-order valence-electron chi connectivity index (χ3n) is 13.3. The SMILES string of the molecule is CCCCCCCC(=O)OC[C@H](COP(=O)(O)OC[C@H](O)COP(=O)(O)OC[C@@H](COC(=O)CCCCCCCCCCC(C)CC)OC(=O)CCCCCCCCCCCCCC(C)C)OC(=O)CCCCCCC. The van der Waals surface area contributed by atoms with E-state index in [1.807, 2.05) is 0 Å². The number of rotatable bonds is 56. The first-order chi connectivity index (χ1) is 36.4. The topological polar surface area (TPSA) is 237 Å². The highest BCUT2D eigenvalue weighted by atomic mass is 31.2. The van der Waals surface area contributed by atoms with Crippen LogP contribution >= 0.6 is 15.6 Å². The van der Waals surface area contributed by atoms with E-state index in [1.54, 1.807) is 0 Å². The predicted octanol–water partition coefficient (Wildman–Crippen LogP) is 14.9. The molecule has 0 fully saturated rings. The number of carbonyl (C=O) groups is 4. The zero-order valence-corrected chi connectivity index (χ0v) is 50.3. The smallest absolute Gasteiger partial charge is 0.462 e. The van der Waals surface area contributed by atoms with Gasteiger partial charge in [-0.25, -0.2) is 9.13 Å². The number of carbonyl (C=O) groups excluding carboxylic acids is 4. The maximum Gasteiger partial charge on any atom is 0.472 e. The van der Waals surface area contributed by atoms with Crippen molar-refractivity contribution < 1.29 is 80.2 Å². The summed E-state index contributed by atoms with van der Waals surface area (Å²) in [5.41, 5.74) is 0. The molecule has 3 N–H and O–H groups in total. The molecule has 17 nitrogen and oxygen atoms in total. The highest BCUT2D eigenvalue weighted by Crippen LogP contribution is 2.45. The van der Waals surface area contributed by atoms with Crippen LogP contribution in [0.4, 0.5) is 0 Å². The summed E-state index contributed by atoms with van der Waals surface area (Å²) in [5.74, 6) is -0.623. The Morgan fingerprint density at radius 3 is 1.00 bits per heavy atom. The van der Waals surface area contributed by atoms with Gasteiger partial charge in [-0.2, -0.15) is 0 Å². The Bertz CT molecular complexity index is 1520. The van der Waals surface area contributed by atoms with Crippen molar-refractivity contribution in [3.05, 3.63) is 0 Å². The number of ether oxygens (including phenoxy) is 4. The van der Waals surface area contributed by atoms with E-state index in [-0.39, 0.29) is 25.7 Å². The van der Waals surface area contributed by atoms with Crippen molar-refractivity contribution >= 4 is 39.5 Å². The second-order valence-electron chi connectivity index (χ2n) is 21.4. The molecule has 0 spiro atoms. The van der Waals surface area contributed by atoms with Crippen LogP contribution in [0.1, 0.15) is 273 Å². The summed E-state index contributed by atoms with van der Waals surface area (Å²) in [4.78, 5) is 71.4. The quantitative estimate of drug-likeness (QED) is 0.0222. The predicted molar refractivity (Wildman–Crippen MR) is 298 cm³/mol. The Kier molecular flexibility index (Phi) is 48.8. The van der Waals surface area contributed by atoms with E-state index < -0.39 is 97.5 Å². The summed E-state index contributed by atoms with van der Waals surface area (Å²) in [6, 6.07) is 0. The molecule has 76 heavy (non-hydrogen) atoms. The van der Waals surface area contributed by atoms with Gasteiger partial charge in [-0.05, 0) is 37.5 Å². The maximum absolute atomic E-state index is 12.9. The number of hydrogen-bond acceptors (Lipinski definition) is 15. The highest BCUT2D eigenvalue weighted by molar-refractivity contribution is 7.47. The monoisotopic (exact) mass is 1130 g/mol. The van der Waals surface area contributed by atoms with Crippen molar-refractivity contribution in [1.29, 1.82) is 0 Å². The van der Waals surface area contributed by atoms with Gasteiger partial charge in [0.15, 0.2) is 12.2 Å². The molecule has 0 saturated carbocycles. The first kappa shape index (κ1) is 74.1. The van der Waals surface area contributed by atoms with Crippen molar-refractivity contribution in [2.45, 2.75) is 291 Å². The molecule has 0 amide bonds. The van der Waals surface area contributed by atoms with E-state index in [4.69, 9.17) is 37.0 Å². The van der Waals surface area contributed by atoms with Crippen molar-refractivity contribution in [3.8, 4) is 0 Å². The molecule has 0 aromatic rings. The lowest BCUT2D eigenvalue weighted by Gasteiger charge is -2.21. The second-order valence-corrected chi connectivity index (χ2v) is 24.3. The van der Waals surface area contributed by atoms with Crippen LogP contribution in [0, 0.1) is 11.8 Å². The molecule has 19 heteroatoms. The van der Waals surface area contributed by atoms with Crippen LogP contribution in [0.2, 0.25) is 0 Å². The Hall–Kier alpha value is -1.94. The number of phosphoric ester groups is 2. The fraction of sp³-hybridized carbons (Fsp3) is 0.930. The second kappa shape index (κ2) is 50.1. The minimum atomic E-state index is -4.94. The first-order valence-corrected chi connectivity index (χ1v) is 33.0. The lowest BCUT2D eigenvalue weighted by atomic mass is 9.99. The molecule has 0 saturated heterocycles. The van der Waals surface area contributed by atoms with Gasteiger partial charge in [-0.15, -0.1) is 0 Å². The average molecular weight is 1130 g/mol. The van der Waals surface area contributed by atoms with Crippen LogP contribution in [0.25, 0.3) is 0 Å². The molecular formula is C57H110O17P2. The molecule has 0 aliphatic heterocycles. The lowest BCUT2D eigenvalue weighted by Crippen LogP contribution is -2.30. The van der Waals surface area contributed by atoms with Crippen molar-refractivity contribution in [1.82, 2.24) is 0 Å². The Balaban J connectivity index is 5.15. The van der Waals surface area contributed by atoms with Crippen LogP contribution < -0.4 is 0 Å². The minimum absolute atomic E-state index is 0.0984. The fourth-order valence-electron chi connectivity index (χ4n) is 8.26. The van der Waals surface area contributed by atoms with E-state index in [0.29, 0.717) is 25.7 Å². The van der Waals surface area contributed by atoms with Crippen molar-refractivity contribution in [2.24, 2.45) is 11.8 Å². The number of aliphatic hydroxyl groups is 1. The van der Waals surface area contributed by atoms with Gasteiger partial charge in [0.1, 0.15) is 19.3 Å². The van der Waals surface area contributed by atoms with Crippen LogP contribution in [0.5, 0.6) is 0 Å². The van der Waals surface area contributed by atoms with Crippen molar-refractivity contribution in [3.63, 3.8) is 0 Å². The Labute approximate surface area is 460 Å². The standard InChI is InChI=1S/C57H110O17P2/c1-7-10-12-25-33-39-54(59)67-45-52(73-56(61)41-35-26-13-11-8-2)47-71-75(63,64)69-43-51(58)44-70-76(65,66)72-48-53(46-68-55(60)40-34-29-23-20-19-22-28-32-38-50(6)9-3)74-57(62)42-36-30-24-18-16-14-15-17-21-27-31-37-49(4)5/h49-53,58H,7-48H2,1-6H3,(H,63,64)(H,65,66)/t50?,51-,52+,53+/m0/s1. The van der Waals surface area contributed by atoms with Gasteiger partial charge >= 0.3 is 39.5 Å². The lowest BCUT2D eigenvalue weighted by molar-refractivity contribution is -0.161. The molecule has 0 bridgehead atoms. The number of unbranched alkanes of at least 4 members (excludes halogenated alkanes) is 25. The van der Waals surface area contributed by atoms with Gasteiger partial charge in [0.05, 0.1) is 26.4 Å². The van der Waals surface area contributed by atoms with Crippen molar-refractivity contribution in [2.75, 3.05) is 39.6 Å². The summed E-state index contributed by atoms with van der Waals surface area (Å²) in [6.07, 6.45) is 30.0. The molecule has 0 aromatic heterocycles. The van der Waals surface area contributed by atoms with Gasteiger partial charge < -0.3 is 33.8 Å². The van der Waals surface area contributed by atoms with Crippen LogP contribution in [-0.4, -0.2) is 96.7 Å². The summed E-state index contributed by atoms with van der Waals surface area (Å²) >= 11 is 0. The largest absolute Gasteiger partial charge is 0.472 e. The number of phosphoric acid groups is 2. The molecule has 0 aliphatic rings. The molecule has 0 radical (unpaired) electrons. The fourth-order valence-corrected chi connectivity index (χ4v) is 9.84. The van der Waals surface area contributed by atoms with E-state index in [0.717, 1.165) is 108 Å². The molecule has 0 aliphatic carbocycles. The summed E-state index contributed by atoms with van der Waals surface area (Å²) < 4.78 is 67.3. The third-order valence-corrected chi connectivity index (χ3v) is 15.2. The maximum atomic E-state index is 12.9. The van der Waals surface area contributed by atoms with Gasteiger partial charge in [0.2, 0.25) is 0 Å². The number of aliphatic hydroxyl groups excluding tert-OH is 1. The summed E-state index contributed by atoms with van der Waals surface area (Å²) in [6.45, 7) is 9.26. The van der Waals surface area contributed by atoms with E-state index in [1.165, 1.54) is 83.5 Å². The molecular weight excluding hydrogens is 1020 g/mol. The Morgan fingerprint density at radius 2 is 0.671 bits per heavy atom. The van der Waals surface area contributed by atoms with Crippen LogP contribution in [-0.2, 0) is 65.4 Å². The molecule has 450 valence electrons. The molecule has 0 aromatic carbocycles. The number of hydrogen-bond donors (Lipinski definition) is 3. The van der Waals surface area contributed by atoms with Gasteiger partial charge in [0.25, 0.3) is 0 Å². The van der Waals surface area contributed by atoms with Crippen LogP contribution in [0.15, 0.2) is 0 Å². The van der Waals surface area contributed by atoms with Gasteiger partial charge in [-0.3, -0.25) is 37.3 Å². The zero-order chi connectivity index (χ0) is 56.6. The van der Waals surface area contributed by atoms with Gasteiger partial charge in [-0.1, -0.05) is 221 Å². The van der Waals surface area contributed by atoms with Crippen LogP contribution in [0.3, 0.4) is 0 Å². The molecule has 0 rings (SSSR count). The highest BCUT2D eigenvalue weighted by Gasteiger charge is 2.30. The van der Waals surface area contributed by atoms with Gasteiger partial charge in [0, 0.05) is 25.7 Å². The molecule has 3 unspecified atom stereocenters. The normalized spacial score (nSPS) is 14.9. The summed E-state index contributed by atoms with van der Waals surface area (Å²) in [5, 5.41) is 10.4. The molecule has 6 atom stereocenters. The minimum Gasteiger partial charge on any atom is -0.462 e. The first-order valence-electron chi connectivity index (χ1n) is 30.0. The van der Waals surface area contributed by atoms with E-state index >= 15 is 0 Å². The molecule has 0 heterocycles. The van der Waals surface area contributed by atoms with E-state index in [2.05, 4.69) is 41.5 Å². The summed E-state index contributed by atoms with van der Waals surface area (Å²) in [7, 11) is -9.86. The zero-order valence-electron chi connectivity index (χ0n) is 48.5. The average Bonchev–Trinajstić information content (AvgIpc) is 3.38. The third kappa shape index (κ3) is 50.3. The number of esters is 4. The van der Waals surface area contributed by atoms with E-state index in [9.17, 15) is 43.2 Å².